The number of nitrogens with two attached hydrogens (primary N) is 1. The van der Waals surface area contributed by atoms with Crippen molar-refractivity contribution >= 4 is 11.6 Å². The van der Waals surface area contributed by atoms with Gasteiger partial charge < -0.3 is 10.3 Å². The molecule has 1 rings (SSSR count). The van der Waals surface area contributed by atoms with Gasteiger partial charge in [-0.1, -0.05) is 5.16 Å². The van der Waals surface area contributed by atoms with Crippen molar-refractivity contribution in [2.24, 2.45) is 5.73 Å². The second kappa shape index (κ2) is 2.85. The first-order chi connectivity index (χ1) is 4.34. The minimum absolute atomic E-state index is 0.348. The number of nitrogens with zero attached hydrogens (tertiary/aromatic N) is 1. The fourth-order valence-electron chi connectivity index (χ4n) is 0.564. The third kappa shape index (κ3) is 1.43. The topological polar surface area (TPSA) is 52.0 Å². The number of rotatable bonds is 2. The van der Waals surface area contributed by atoms with Crippen molar-refractivity contribution in [1.82, 2.24) is 5.16 Å². The molecule has 0 spiro atoms. The first-order valence-electron chi connectivity index (χ1n) is 2.63. The zero-order valence-corrected chi connectivity index (χ0v) is 5.56. The molecule has 0 aliphatic carbocycles. The molecule has 2 N–H and O–H groups in total. The van der Waals surface area contributed by atoms with Crippen LogP contribution in [0.1, 0.15) is 5.56 Å². The largest absolute Gasteiger partial charge is 0.344 e. The summed E-state index contributed by atoms with van der Waals surface area (Å²) in [6.07, 6.45) is 2.30. The van der Waals surface area contributed by atoms with E-state index in [4.69, 9.17) is 17.3 Å². The highest BCUT2D eigenvalue weighted by Crippen LogP contribution is 2.13. The first-order valence-corrected chi connectivity index (χ1v) is 3.01. The molecule has 0 radical (unpaired) electrons. The summed E-state index contributed by atoms with van der Waals surface area (Å²) in [5, 5.41) is 3.83. The van der Waals surface area contributed by atoms with Crippen LogP contribution in [0.15, 0.2) is 10.7 Å². The molecule has 4 heteroatoms. The van der Waals surface area contributed by atoms with Crippen LogP contribution in [-0.2, 0) is 6.42 Å². The van der Waals surface area contributed by atoms with Crippen molar-refractivity contribution in [3.63, 3.8) is 0 Å². The van der Waals surface area contributed by atoms with Crippen molar-refractivity contribution in [1.29, 1.82) is 0 Å². The molecule has 0 fully saturated rings. The Balaban J connectivity index is 2.69. The van der Waals surface area contributed by atoms with Crippen molar-refractivity contribution in [2.45, 2.75) is 6.42 Å². The zero-order chi connectivity index (χ0) is 6.69. The van der Waals surface area contributed by atoms with Gasteiger partial charge in [0.25, 0.3) is 0 Å². The monoisotopic (exact) mass is 146 g/mol. The van der Waals surface area contributed by atoms with Crippen molar-refractivity contribution in [2.75, 3.05) is 6.54 Å². The molecule has 1 aromatic heterocycles. The summed E-state index contributed by atoms with van der Waals surface area (Å²) in [4.78, 5) is 0. The molecule has 0 unspecified atom stereocenters. The minimum atomic E-state index is 0.348. The quantitative estimate of drug-likeness (QED) is 0.673. The molecule has 1 heterocycles. The summed E-state index contributed by atoms with van der Waals surface area (Å²) < 4.78 is 4.58. The van der Waals surface area contributed by atoms with E-state index < -0.39 is 0 Å². The molecule has 1 aromatic rings. The van der Waals surface area contributed by atoms with Gasteiger partial charge in [-0.05, 0) is 24.6 Å². The van der Waals surface area contributed by atoms with E-state index in [9.17, 15) is 0 Å². The van der Waals surface area contributed by atoms with E-state index in [2.05, 4.69) is 9.68 Å². The van der Waals surface area contributed by atoms with Gasteiger partial charge in [0.1, 0.15) is 0 Å². The fraction of sp³-hybridized carbons (Fsp3) is 0.400. The second-order valence-electron chi connectivity index (χ2n) is 1.66. The van der Waals surface area contributed by atoms with Gasteiger partial charge in [0, 0.05) is 5.56 Å². The third-order valence-electron chi connectivity index (χ3n) is 1.01. The van der Waals surface area contributed by atoms with Crippen LogP contribution in [0.2, 0.25) is 5.22 Å². The van der Waals surface area contributed by atoms with Crippen LogP contribution in [0, 0.1) is 0 Å². The number of hydrogen-bond donors (Lipinski definition) is 1. The van der Waals surface area contributed by atoms with E-state index in [1.807, 2.05) is 0 Å². The van der Waals surface area contributed by atoms with Gasteiger partial charge in [0.05, 0.1) is 6.20 Å². The van der Waals surface area contributed by atoms with Crippen LogP contribution in [0.4, 0.5) is 0 Å². The van der Waals surface area contributed by atoms with Crippen molar-refractivity contribution in [3.05, 3.63) is 17.0 Å². The molecule has 0 aromatic carbocycles. The van der Waals surface area contributed by atoms with Gasteiger partial charge in [-0.15, -0.1) is 0 Å². The lowest BCUT2D eigenvalue weighted by Gasteiger charge is -1.87. The molecule has 0 aliphatic rings. The van der Waals surface area contributed by atoms with Gasteiger partial charge in [-0.2, -0.15) is 0 Å². The molecule has 0 amide bonds. The lowest BCUT2D eigenvalue weighted by atomic mass is 10.3. The van der Waals surface area contributed by atoms with Crippen LogP contribution >= 0.6 is 11.6 Å². The maximum absolute atomic E-state index is 5.53. The third-order valence-corrected chi connectivity index (χ3v) is 1.32. The summed E-state index contributed by atoms with van der Waals surface area (Å²) in [7, 11) is 0. The number of halogens is 1. The Morgan fingerprint density at radius 1 is 1.78 bits per heavy atom. The van der Waals surface area contributed by atoms with Crippen molar-refractivity contribution in [3.8, 4) is 0 Å². The predicted octanol–water partition coefficient (Wildman–Crippen LogP) is 0.829. The predicted molar refractivity (Wildman–Crippen MR) is 34.3 cm³/mol. The van der Waals surface area contributed by atoms with Gasteiger partial charge in [-0.25, -0.2) is 0 Å². The summed E-state index contributed by atoms with van der Waals surface area (Å²) in [6, 6.07) is 0. The highest BCUT2D eigenvalue weighted by Gasteiger charge is 2.01. The second-order valence-corrected chi connectivity index (χ2v) is 2.01. The molecule has 3 nitrogen and oxygen atoms in total. The average Bonchev–Trinajstić information content (AvgIpc) is 2.18. The zero-order valence-electron chi connectivity index (χ0n) is 4.80. The van der Waals surface area contributed by atoms with Crippen LogP contribution in [0.3, 0.4) is 0 Å². The van der Waals surface area contributed by atoms with Crippen LogP contribution < -0.4 is 5.73 Å². The van der Waals surface area contributed by atoms with Crippen molar-refractivity contribution < 1.29 is 4.52 Å². The van der Waals surface area contributed by atoms with Gasteiger partial charge in [0.2, 0.25) is 5.22 Å². The molecule has 0 bridgehead atoms. The van der Waals surface area contributed by atoms with Gasteiger partial charge in [0.15, 0.2) is 0 Å². The normalized spacial score (nSPS) is 10.0. The van der Waals surface area contributed by atoms with E-state index in [-0.39, 0.29) is 0 Å². The summed E-state index contributed by atoms with van der Waals surface area (Å²) in [5.41, 5.74) is 6.13. The molecule has 0 aliphatic heterocycles. The summed E-state index contributed by atoms with van der Waals surface area (Å²) in [5.74, 6) is 0. The Morgan fingerprint density at radius 2 is 2.56 bits per heavy atom. The molecule has 0 saturated heterocycles. The van der Waals surface area contributed by atoms with Gasteiger partial charge in [-0.3, -0.25) is 0 Å². The Kier molecular flexibility index (Phi) is 2.08. The SMILES string of the molecule is NCCc1cnoc1Cl. The number of aromatic nitrogens is 1. The Bertz CT molecular complexity index is 187. The first kappa shape index (κ1) is 6.58. The molecular formula is C5H7ClN2O. The van der Waals surface area contributed by atoms with E-state index in [0.29, 0.717) is 11.8 Å². The standard InChI is InChI=1S/C5H7ClN2O/c6-5-4(1-2-7)3-8-9-5/h3H,1-2,7H2. The lowest BCUT2D eigenvalue weighted by molar-refractivity contribution is 0.421. The summed E-state index contributed by atoms with van der Waals surface area (Å²) in [6.45, 7) is 0.570. The highest BCUT2D eigenvalue weighted by molar-refractivity contribution is 6.29. The highest BCUT2D eigenvalue weighted by atomic mass is 35.5. The molecule has 0 saturated carbocycles. The van der Waals surface area contributed by atoms with E-state index in [0.717, 1.165) is 12.0 Å². The van der Waals surface area contributed by atoms with E-state index >= 15 is 0 Å². The van der Waals surface area contributed by atoms with Crippen LogP contribution in [0.5, 0.6) is 0 Å². The average molecular weight is 147 g/mol. The minimum Gasteiger partial charge on any atom is -0.344 e. The lowest BCUT2D eigenvalue weighted by Crippen LogP contribution is -2.01. The Hall–Kier alpha value is -0.540. The van der Waals surface area contributed by atoms with E-state index in [1.165, 1.54) is 0 Å². The summed E-state index contributed by atoms with van der Waals surface area (Å²) >= 11 is 5.53. The van der Waals surface area contributed by atoms with Crippen LogP contribution in [-0.4, -0.2) is 11.7 Å². The Labute approximate surface area is 57.8 Å². The smallest absolute Gasteiger partial charge is 0.229 e. The molecule has 50 valence electrons. The Morgan fingerprint density at radius 3 is 3.00 bits per heavy atom. The maximum Gasteiger partial charge on any atom is 0.229 e. The van der Waals surface area contributed by atoms with Crippen LogP contribution in [0.25, 0.3) is 0 Å². The molecular weight excluding hydrogens is 140 g/mol. The van der Waals surface area contributed by atoms with E-state index in [1.54, 1.807) is 6.20 Å². The molecule has 0 atom stereocenters. The maximum atomic E-state index is 5.53. The van der Waals surface area contributed by atoms with Gasteiger partial charge >= 0.3 is 0 Å². The number of hydrogen-bond acceptors (Lipinski definition) is 3. The fourth-order valence-corrected chi connectivity index (χ4v) is 0.747. The molecule has 9 heavy (non-hydrogen) atoms.